The maximum absolute atomic E-state index is 10.8. The Kier molecular flexibility index (Phi) is 4.89. The molecule has 1 unspecified atom stereocenters. The van der Waals surface area contributed by atoms with E-state index in [0.29, 0.717) is 6.54 Å². The normalized spacial score (nSPS) is 13.0. The molecule has 4 nitrogen and oxygen atoms in total. The van der Waals surface area contributed by atoms with Gasteiger partial charge in [0.05, 0.1) is 17.1 Å². The van der Waals surface area contributed by atoms with Gasteiger partial charge in [-0.05, 0) is 13.5 Å². The van der Waals surface area contributed by atoms with Crippen LogP contribution in [0.5, 0.6) is 0 Å². The van der Waals surface area contributed by atoms with E-state index < -0.39 is 5.97 Å². The third-order valence-electron chi connectivity index (χ3n) is 2.61. The molecule has 0 fully saturated rings. The Labute approximate surface area is 99.9 Å². The third kappa shape index (κ3) is 3.57. The van der Waals surface area contributed by atoms with Crippen molar-refractivity contribution in [3.8, 4) is 0 Å². The van der Waals surface area contributed by atoms with Gasteiger partial charge < -0.3 is 5.11 Å². The Morgan fingerprint density at radius 3 is 2.81 bits per heavy atom. The summed E-state index contributed by atoms with van der Waals surface area (Å²) in [4.78, 5) is 18.3. The molecule has 1 aromatic rings. The van der Waals surface area contributed by atoms with Gasteiger partial charge in [-0.25, -0.2) is 4.98 Å². The summed E-state index contributed by atoms with van der Waals surface area (Å²) in [5.74, 6) is -1.06. The van der Waals surface area contributed by atoms with Gasteiger partial charge in [0.15, 0.2) is 0 Å². The average molecular weight is 242 g/mol. The van der Waals surface area contributed by atoms with Crippen molar-refractivity contribution in [2.24, 2.45) is 5.92 Å². The molecule has 1 rings (SSSR count). The Hall–Kier alpha value is -0.940. The van der Waals surface area contributed by atoms with Gasteiger partial charge in [-0.2, -0.15) is 0 Å². The minimum atomic E-state index is -0.737. The van der Waals surface area contributed by atoms with Crippen LogP contribution in [0, 0.1) is 12.8 Å². The second kappa shape index (κ2) is 5.96. The lowest BCUT2D eigenvalue weighted by atomic mass is 10.1. The first-order valence-corrected chi connectivity index (χ1v) is 6.26. The first-order chi connectivity index (χ1) is 7.54. The Balaban J connectivity index is 2.56. The maximum Gasteiger partial charge on any atom is 0.307 e. The molecule has 0 bridgehead atoms. The summed E-state index contributed by atoms with van der Waals surface area (Å²) in [5.41, 5.74) is 2.88. The van der Waals surface area contributed by atoms with Crippen molar-refractivity contribution >= 4 is 17.3 Å². The highest BCUT2D eigenvalue weighted by atomic mass is 32.1. The van der Waals surface area contributed by atoms with Crippen LogP contribution in [0.25, 0.3) is 0 Å². The van der Waals surface area contributed by atoms with E-state index in [4.69, 9.17) is 5.11 Å². The molecule has 0 saturated carbocycles. The summed E-state index contributed by atoms with van der Waals surface area (Å²) in [6.07, 6.45) is 0. The van der Waals surface area contributed by atoms with E-state index in [-0.39, 0.29) is 5.92 Å². The summed E-state index contributed by atoms with van der Waals surface area (Å²) in [7, 11) is 0. The number of carboxylic acid groups (broad SMARTS) is 1. The van der Waals surface area contributed by atoms with Crippen molar-refractivity contribution in [2.75, 3.05) is 13.1 Å². The Morgan fingerprint density at radius 1 is 1.69 bits per heavy atom. The highest BCUT2D eigenvalue weighted by molar-refractivity contribution is 7.09. The summed E-state index contributed by atoms with van der Waals surface area (Å²) < 4.78 is 0. The lowest BCUT2D eigenvalue weighted by molar-refractivity contribution is -0.141. The van der Waals surface area contributed by atoms with Crippen molar-refractivity contribution in [1.82, 2.24) is 9.88 Å². The SMILES string of the molecule is CCN(Cc1scnc1C)CC(C)C(=O)O. The van der Waals surface area contributed by atoms with Crippen molar-refractivity contribution in [3.05, 3.63) is 16.1 Å². The van der Waals surface area contributed by atoms with Crippen LogP contribution in [0.3, 0.4) is 0 Å². The highest BCUT2D eigenvalue weighted by Crippen LogP contribution is 2.15. The topological polar surface area (TPSA) is 53.4 Å². The molecule has 0 aromatic carbocycles. The molecular formula is C11H18N2O2S. The number of rotatable bonds is 6. The molecular weight excluding hydrogens is 224 g/mol. The van der Waals surface area contributed by atoms with E-state index in [1.165, 1.54) is 4.88 Å². The van der Waals surface area contributed by atoms with Gasteiger partial charge in [-0.3, -0.25) is 9.69 Å². The van der Waals surface area contributed by atoms with Gasteiger partial charge in [0, 0.05) is 18.0 Å². The first-order valence-electron chi connectivity index (χ1n) is 5.38. The predicted octanol–water partition coefficient (Wildman–Crippen LogP) is 1.99. The van der Waals surface area contributed by atoms with E-state index in [2.05, 4.69) is 9.88 Å². The van der Waals surface area contributed by atoms with Crippen LogP contribution in [0.1, 0.15) is 24.4 Å². The standard InChI is InChI=1S/C11H18N2O2S/c1-4-13(5-8(2)11(14)15)6-10-9(3)12-7-16-10/h7-8H,4-6H2,1-3H3,(H,14,15). The van der Waals surface area contributed by atoms with Gasteiger partial charge in [-0.1, -0.05) is 13.8 Å². The second-order valence-electron chi connectivity index (χ2n) is 3.93. The zero-order chi connectivity index (χ0) is 12.1. The number of aryl methyl sites for hydroxylation is 1. The number of carbonyl (C=O) groups is 1. The van der Waals surface area contributed by atoms with Crippen molar-refractivity contribution in [1.29, 1.82) is 0 Å². The highest BCUT2D eigenvalue weighted by Gasteiger charge is 2.16. The molecule has 0 radical (unpaired) electrons. The monoisotopic (exact) mass is 242 g/mol. The van der Waals surface area contributed by atoms with E-state index >= 15 is 0 Å². The van der Waals surface area contributed by atoms with Gasteiger partial charge in [0.1, 0.15) is 0 Å². The number of aromatic nitrogens is 1. The fraction of sp³-hybridized carbons (Fsp3) is 0.636. The van der Waals surface area contributed by atoms with E-state index in [1.807, 2.05) is 19.4 Å². The van der Waals surface area contributed by atoms with Gasteiger partial charge in [0.2, 0.25) is 0 Å². The lowest BCUT2D eigenvalue weighted by Gasteiger charge is -2.21. The minimum Gasteiger partial charge on any atom is -0.481 e. The fourth-order valence-electron chi connectivity index (χ4n) is 1.45. The number of hydrogen-bond acceptors (Lipinski definition) is 4. The molecule has 5 heteroatoms. The lowest BCUT2D eigenvalue weighted by Crippen LogP contribution is -2.31. The number of carboxylic acids is 1. The largest absolute Gasteiger partial charge is 0.481 e. The number of nitrogens with zero attached hydrogens (tertiary/aromatic N) is 2. The Bertz CT molecular complexity index is 352. The zero-order valence-electron chi connectivity index (χ0n) is 9.93. The predicted molar refractivity (Wildman–Crippen MR) is 64.6 cm³/mol. The van der Waals surface area contributed by atoms with Crippen LogP contribution >= 0.6 is 11.3 Å². The average Bonchev–Trinajstić information content (AvgIpc) is 2.63. The van der Waals surface area contributed by atoms with Crippen LogP contribution in [0.15, 0.2) is 5.51 Å². The molecule has 16 heavy (non-hydrogen) atoms. The smallest absolute Gasteiger partial charge is 0.307 e. The molecule has 1 N–H and O–H groups in total. The van der Waals surface area contributed by atoms with Gasteiger partial charge >= 0.3 is 5.97 Å². The van der Waals surface area contributed by atoms with Crippen LogP contribution in [0.4, 0.5) is 0 Å². The quantitative estimate of drug-likeness (QED) is 0.829. The summed E-state index contributed by atoms with van der Waals surface area (Å²) in [6, 6.07) is 0. The van der Waals surface area contributed by atoms with E-state index in [1.54, 1.807) is 18.3 Å². The summed E-state index contributed by atoms with van der Waals surface area (Å²) in [6.45, 7) is 8.01. The molecule has 90 valence electrons. The fourth-order valence-corrected chi connectivity index (χ4v) is 2.27. The van der Waals surface area contributed by atoms with Crippen LogP contribution in [-0.2, 0) is 11.3 Å². The molecule has 0 saturated heterocycles. The molecule has 0 aliphatic rings. The summed E-state index contributed by atoms with van der Waals surface area (Å²) >= 11 is 1.63. The van der Waals surface area contributed by atoms with E-state index in [0.717, 1.165) is 18.8 Å². The van der Waals surface area contributed by atoms with Gasteiger partial charge in [0.25, 0.3) is 0 Å². The maximum atomic E-state index is 10.8. The summed E-state index contributed by atoms with van der Waals surface area (Å²) in [5, 5.41) is 8.87. The van der Waals surface area contributed by atoms with Crippen molar-refractivity contribution < 1.29 is 9.90 Å². The minimum absolute atomic E-state index is 0.326. The molecule has 0 aliphatic heterocycles. The second-order valence-corrected chi connectivity index (χ2v) is 4.87. The number of thiazole rings is 1. The molecule has 0 aliphatic carbocycles. The van der Waals surface area contributed by atoms with Crippen LogP contribution in [0.2, 0.25) is 0 Å². The number of aliphatic carboxylic acids is 1. The third-order valence-corrected chi connectivity index (χ3v) is 3.53. The first kappa shape index (κ1) is 13.1. The van der Waals surface area contributed by atoms with Crippen molar-refractivity contribution in [3.63, 3.8) is 0 Å². The van der Waals surface area contributed by atoms with Crippen molar-refractivity contribution in [2.45, 2.75) is 27.3 Å². The van der Waals surface area contributed by atoms with E-state index in [9.17, 15) is 4.79 Å². The van der Waals surface area contributed by atoms with Crippen LogP contribution < -0.4 is 0 Å². The zero-order valence-corrected chi connectivity index (χ0v) is 10.8. The molecule has 1 atom stereocenters. The van der Waals surface area contributed by atoms with Crippen LogP contribution in [-0.4, -0.2) is 34.0 Å². The Morgan fingerprint density at radius 2 is 2.38 bits per heavy atom. The number of hydrogen-bond donors (Lipinski definition) is 1. The van der Waals surface area contributed by atoms with Gasteiger partial charge in [-0.15, -0.1) is 11.3 Å². The molecule has 1 heterocycles. The molecule has 0 amide bonds. The molecule has 0 spiro atoms. The molecule has 1 aromatic heterocycles.